The van der Waals surface area contributed by atoms with Crippen LogP contribution in [0.5, 0.6) is 0 Å². The van der Waals surface area contributed by atoms with Crippen molar-refractivity contribution in [3.8, 4) is 11.3 Å². The zero-order chi connectivity index (χ0) is 14.3. The molecule has 0 aliphatic rings. The minimum absolute atomic E-state index is 1.28. The van der Waals surface area contributed by atoms with Crippen LogP contribution in [-0.4, -0.2) is 0 Å². The highest BCUT2D eigenvalue weighted by molar-refractivity contribution is 5.93. The lowest BCUT2D eigenvalue weighted by Gasteiger charge is -2.10. The monoisotopic (exact) mass is 262 g/mol. The Morgan fingerprint density at radius 3 is 2.40 bits per heavy atom. The maximum absolute atomic E-state index is 2.30. The zero-order valence-corrected chi connectivity index (χ0v) is 12.6. The molecule has 0 amide bonds. The van der Waals surface area contributed by atoms with Gasteiger partial charge in [-0.2, -0.15) is 4.57 Å². The Bertz CT molecular complexity index is 800. The van der Waals surface area contributed by atoms with E-state index in [1.165, 1.54) is 38.9 Å². The van der Waals surface area contributed by atoms with Gasteiger partial charge in [0.1, 0.15) is 7.05 Å². The van der Waals surface area contributed by atoms with E-state index in [-0.39, 0.29) is 0 Å². The van der Waals surface area contributed by atoms with E-state index < -0.39 is 0 Å². The number of hydrogen-bond acceptors (Lipinski definition) is 0. The van der Waals surface area contributed by atoms with Crippen molar-refractivity contribution in [2.45, 2.75) is 20.8 Å². The van der Waals surface area contributed by atoms with E-state index in [0.29, 0.717) is 0 Å². The number of nitrogens with zero attached hydrogens (tertiary/aromatic N) is 1. The Morgan fingerprint density at radius 2 is 1.60 bits per heavy atom. The molecule has 3 aromatic rings. The van der Waals surface area contributed by atoms with Gasteiger partial charge >= 0.3 is 0 Å². The van der Waals surface area contributed by atoms with Gasteiger partial charge in [-0.25, -0.2) is 0 Å². The van der Waals surface area contributed by atoms with E-state index in [4.69, 9.17) is 0 Å². The standard InChI is InChI=1S/C19H20N/c1-13-9-10-14(2)18(11-13)19-17-8-6-5-7-16(17)12-15(3)20(19)4/h5-12H,1-4H3/q+1. The summed E-state index contributed by atoms with van der Waals surface area (Å²) >= 11 is 0. The maximum Gasteiger partial charge on any atom is 0.220 e. The Kier molecular flexibility index (Phi) is 3.06. The smallest absolute Gasteiger partial charge is 0.198 e. The topological polar surface area (TPSA) is 3.88 Å². The summed E-state index contributed by atoms with van der Waals surface area (Å²) in [4.78, 5) is 0. The van der Waals surface area contributed by atoms with Crippen LogP contribution in [0.25, 0.3) is 22.0 Å². The van der Waals surface area contributed by atoms with Gasteiger partial charge in [-0.1, -0.05) is 35.9 Å². The van der Waals surface area contributed by atoms with E-state index in [9.17, 15) is 0 Å². The molecule has 1 nitrogen and oxygen atoms in total. The van der Waals surface area contributed by atoms with E-state index >= 15 is 0 Å². The fourth-order valence-corrected chi connectivity index (χ4v) is 2.83. The fourth-order valence-electron chi connectivity index (χ4n) is 2.83. The van der Waals surface area contributed by atoms with Crippen molar-refractivity contribution in [2.75, 3.05) is 0 Å². The molecule has 20 heavy (non-hydrogen) atoms. The van der Waals surface area contributed by atoms with Crippen LogP contribution in [0.3, 0.4) is 0 Å². The average molecular weight is 262 g/mol. The first-order valence-corrected chi connectivity index (χ1v) is 7.04. The SMILES string of the molecule is Cc1ccc(C)c(-c2c3ccccc3cc(C)[n+]2C)c1. The molecule has 1 heterocycles. The molecule has 0 bridgehead atoms. The van der Waals surface area contributed by atoms with Crippen LogP contribution in [0.4, 0.5) is 0 Å². The van der Waals surface area contributed by atoms with Gasteiger partial charge in [0.05, 0.1) is 5.39 Å². The number of aromatic nitrogens is 1. The van der Waals surface area contributed by atoms with Gasteiger partial charge in [0.2, 0.25) is 5.69 Å². The van der Waals surface area contributed by atoms with Crippen molar-refractivity contribution in [1.82, 2.24) is 0 Å². The van der Waals surface area contributed by atoms with Crippen LogP contribution >= 0.6 is 0 Å². The predicted molar refractivity (Wildman–Crippen MR) is 84.8 cm³/mol. The van der Waals surface area contributed by atoms with Gasteiger partial charge in [0.25, 0.3) is 0 Å². The molecule has 2 aromatic carbocycles. The summed E-state index contributed by atoms with van der Waals surface area (Å²) < 4.78 is 2.30. The molecule has 0 N–H and O–H groups in total. The summed E-state index contributed by atoms with van der Waals surface area (Å²) in [5.41, 5.74) is 6.53. The van der Waals surface area contributed by atoms with Crippen molar-refractivity contribution >= 4 is 10.8 Å². The molecular weight excluding hydrogens is 242 g/mol. The van der Waals surface area contributed by atoms with Crippen LogP contribution in [0, 0.1) is 20.8 Å². The second-order valence-corrected chi connectivity index (χ2v) is 5.60. The number of fused-ring (bicyclic) bond motifs is 1. The minimum Gasteiger partial charge on any atom is -0.198 e. The van der Waals surface area contributed by atoms with Crippen LogP contribution in [0.2, 0.25) is 0 Å². The Morgan fingerprint density at radius 1 is 0.850 bits per heavy atom. The molecule has 0 atom stereocenters. The van der Waals surface area contributed by atoms with Gasteiger partial charge in [0.15, 0.2) is 5.69 Å². The van der Waals surface area contributed by atoms with Crippen LogP contribution in [-0.2, 0) is 7.05 Å². The molecule has 0 saturated heterocycles. The van der Waals surface area contributed by atoms with Gasteiger partial charge < -0.3 is 0 Å². The normalized spacial score (nSPS) is 11.0. The molecule has 3 rings (SSSR count). The summed E-state index contributed by atoms with van der Waals surface area (Å²) in [5, 5.41) is 2.62. The van der Waals surface area contributed by atoms with Gasteiger partial charge in [-0.05, 0) is 36.9 Å². The summed E-state index contributed by atoms with van der Waals surface area (Å²) in [5.74, 6) is 0. The van der Waals surface area contributed by atoms with E-state index in [1.54, 1.807) is 0 Å². The average Bonchev–Trinajstić information content (AvgIpc) is 2.43. The molecule has 1 aromatic heterocycles. The molecule has 0 saturated carbocycles. The van der Waals surface area contributed by atoms with Crippen molar-refractivity contribution < 1.29 is 4.57 Å². The maximum atomic E-state index is 2.30. The Hall–Kier alpha value is -2.15. The number of benzene rings is 2. The van der Waals surface area contributed by atoms with Crippen molar-refractivity contribution in [3.05, 3.63) is 65.4 Å². The Labute approximate surface area is 120 Å². The Balaban J connectivity index is 2.46. The van der Waals surface area contributed by atoms with Crippen molar-refractivity contribution in [1.29, 1.82) is 0 Å². The highest BCUT2D eigenvalue weighted by Crippen LogP contribution is 2.29. The number of aryl methyl sites for hydroxylation is 3. The fraction of sp³-hybridized carbons (Fsp3) is 0.211. The third-order valence-electron chi connectivity index (χ3n) is 4.09. The molecule has 0 fully saturated rings. The molecule has 0 aliphatic heterocycles. The third-order valence-corrected chi connectivity index (χ3v) is 4.09. The van der Waals surface area contributed by atoms with Crippen LogP contribution in [0.15, 0.2) is 48.5 Å². The molecule has 0 radical (unpaired) electrons. The van der Waals surface area contributed by atoms with Gasteiger partial charge in [-0.3, -0.25) is 0 Å². The second-order valence-electron chi connectivity index (χ2n) is 5.60. The first kappa shape index (κ1) is 12.9. The lowest BCUT2D eigenvalue weighted by molar-refractivity contribution is -0.665. The van der Waals surface area contributed by atoms with Crippen LogP contribution in [0.1, 0.15) is 16.8 Å². The molecule has 100 valence electrons. The summed E-state index contributed by atoms with van der Waals surface area (Å²) in [6.45, 7) is 6.51. The zero-order valence-electron chi connectivity index (χ0n) is 12.6. The molecule has 1 heteroatoms. The highest BCUT2D eigenvalue weighted by Gasteiger charge is 2.19. The number of hydrogen-bond donors (Lipinski definition) is 0. The number of rotatable bonds is 1. The predicted octanol–water partition coefficient (Wildman–Crippen LogP) is 4.26. The van der Waals surface area contributed by atoms with Gasteiger partial charge in [0, 0.05) is 18.6 Å². The van der Waals surface area contributed by atoms with Crippen LogP contribution < -0.4 is 4.57 Å². The van der Waals surface area contributed by atoms with E-state index in [2.05, 4.69) is 80.9 Å². The van der Waals surface area contributed by atoms with Crippen molar-refractivity contribution in [2.24, 2.45) is 7.05 Å². The summed E-state index contributed by atoms with van der Waals surface area (Å²) in [7, 11) is 2.15. The summed E-state index contributed by atoms with van der Waals surface area (Å²) in [6.07, 6.45) is 0. The molecule has 0 spiro atoms. The lowest BCUT2D eigenvalue weighted by atomic mass is 9.97. The quantitative estimate of drug-likeness (QED) is 0.577. The minimum atomic E-state index is 1.28. The first-order chi connectivity index (χ1) is 9.58. The molecular formula is C19H20N+. The summed E-state index contributed by atoms with van der Waals surface area (Å²) in [6, 6.07) is 17.6. The third kappa shape index (κ3) is 2.00. The van der Waals surface area contributed by atoms with Gasteiger partial charge in [-0.15, -0.1) is 0 Å². The van der Waals surface area contributed by atoms with E-state index in [0.717, 1.165) is 0 Å². The first-order valence-electron chi connectivity index (χ1n) is 7.04. The molecule has 0 aliphatic carbocycles. The second kappa shape index (κ2) is 4.75. The van der Waals surface area contributed by atoms with Crippen molar-refractivity contribution in [3.63, 3.8) is 0 Å². The highest BCUT2D eigenvalue weighted by atomic mass is 14.9. The van der Waals surface area contributed by atoms with E-state index in [1.807, 2.05) is 0 Å². The molecule has 0 unspecified atom stereocenters. The lowest BCUT2D eigenvalue weighted by Crippen LogP contribution is -2.35. The number of pyridine rings is 1. The largest absolute Gasteiger partial charge is 0.220 e.